The van der Waals surface area contributed by atoms with Crippen LogP contribution in [-0.4, -0.2) is 10.8 Å². The number of halogens is 2. The van der Waals surface area contributed by atoms with Crippen LogP contribution in [0, 0.1) is 5.82 Å². The maximum atomic E-state index is 13.4. The van der Waals surface area contributed by atoms with Gasteiger partial charge in [-0.15, -0.1) is 0 Å². The average molecular weight is 224 g/mol. The number of carbonyl (C=O) groups is 1. The predicted molar refractivity (Wildman–Crippen MR) is 55.9 cm³/mol. The van der Waals surface area contributed by atoms with Gasteiger partial charge in [0, 0.05) is 11.8 Å². The maximum Gasteiger partial charge on any atom is 0.179 e. The molecule has 0 radical (unpaired) electrons. The van der Waals surface area contributed by atoms with Crippen LogP contribution in [0.3, 0.4) is 0 Å². The van der Waals surface area contributed by atoms with Crippen LogP contribution in [0.5, 0.6) is 0 Å². The lowest BCUT2D eigenvalue weighted by Crippen LogP contribution is -1.91. The molecule has 2 nitrogen and oxygen atoms in total. The van der Waals surface area contributed by atoms with Crippen LogP contribution in [0.1, 0.15) is 22.5 Å². The molecule has 0 saturated heterocycles. The Morgan fingerprint density at radius 3 is 2.93 bits per heavy atom. The number of benzene rings is 1. The third-order valence-electron chi connectivity index (χ3n) is 2.84. The van der Waals surface area contributed by atoms with E-state index in [-0.39, 0.29) is 11.6 Å². The van der Waals surface area contributed by atoms with E-state index in [9.17, 15) is 9.18 Å². The number of aryl methyl sites for hydroxylation is 1. The highest BCUT2D eigenvalue weighted by Gasteiger charge is 2.26. The minimum Gasteiger partial charge on any atom is -0.349 e. The number of Topliss-reactive ketones (excluding diaryl/α,β-unsaturated/α-hetero) is 1. The summed E-state index contributed by atoms with van der Waals surface area (Å²) in [6.45, 7) is 0. The number of hydrogen-bond donors (Lipinski definition) is 1. The van der Waals surface area contributed by atoms with Gasteiger partial charge in [0.2, 0.25) is 0 Å². The largest absolute Gasteiger partial charge is 0.349 e. The summed E-state index contributed by atoms with van der Waals surface area (Å²) < 4.78 is 13.4. The van der Waals surface area contributed by atoms with Gasteiger partial charge in [-0.05, 0) is 24.1 Å². The molecule has 1 aliphatic rings. The summed E-state index contributed by atoms with van der Waals surface area (Å²) in [4.78, 5) is 14.3. The van der Waals surface area contributed by atoms with Crippen molar-refractivity contribution < 1.29 is 9.18 Å². The minimum atomic E-state index is -0.364. The summed E-state index contributed by atoms with van der Waals surface area (Å²) in [5.41, 5.74) is 1.73. The van der Waals surface area contributed by atoms with Crippen molar-refractivity contribution in [1.82, 2.24) is 4.98 Å². The third-order valence-corrected chi connectivity index (χ3v) is 3.15. The van der Waals surface area contributed by atoms with Crippen molar-refractivity contribution in [3.8, 4) is 0 Å². The van der Waals surface area contributed by atoms with Crippen LogP contribution in [0.25, 0.3) is 10.9 Å². The van der Waals surface area contributed by atoms with E-state index in [4.69, 9.17) is 11.6 Å². The van der Waals surface area contributed by atoms with Gasteiger partial charge in [0.1, 0.15) is 5.82 Å². The molecule has 1 N–H and O–H groups in total. The van der Waals surface area contributed by atoms with Crippen molar-refractivity contribution in [2.45, 2.75) is 12.8 Å². The van der Waals surface area contributed by atoms with Crippen LogP contribution in [0.2, 0.25) is 5.02 Å². The molecule has 76 valence electrons. The summed E-state index contributed by atoms with van der Waals surface area (Å²) in [5, 5.41) is 1.16. The molecule has 0 spiro atoms. The molecule has 4 heteroatoms. The molecule has 0 atom stereocenters. The van der Waals surface area contributed by atoms with E-state index in [1.807, 2.05) is 0 Å². The fourth-order valence-corrected chi connectivity index (χ4v) is 2.42. The molecule has 0 unspecified atom stereocenters. The van der Waals surface area contributed by atoms with E-state index in [2.05, 4.69) is 4.98 Å². The van der Waals surface area contributed by atoms with Gasteiger partial charge < -0.3 is 4.98 Å². The monoisotopic (exact) mass is 223 g/mol. The van der Waals surface area contributed by atoms with E-state index < -0.39 is 0 Å². The molecule has 0 bridgehead atoms. The van der Waals surface area contributed by atoms with Gasteiger partial charge in [0.25, 0.3) is 0 Å². The molecule has 0 saturated carbocycles. The summed E-state index contributed by atoms with van der Waals surface area (Å²) in [6.07, 6.45) is 1.14. The zero-order valence-electron chi connectivity index (χ0n) is 7.73. The molecule has 0 fully saturated rings. The first-order chi connectivity index (χ1) is 7.18. The first-order valence-electron chi connectivity index (χ1n) is 4.70. The summed E-state index contributed by atoms with van der Waals surface area (Å²) >= 11 is 6.00. The van der Waals surface area contributed by atoms with Gasteiger partial charge >= 0.3 is 0 Å². The zero-order chi connectivity index (χ0) is 10.6. The van der Waals surface area contributed by atoms with Gasteiger partial charge in [-0.1, -0.05) is 11.6 Å². The Labute approximate surface area is 90.0 Å². The molecule has 0 amide bonds. The third kappa shape index (κ3) is 1.07. The van der Waals surface area contributed by atoms with Crippen LogP contribution < -0.4 is 0 Å². The Morgan fingerprint density at radius 1 is 1.33 bits per heavy atom. The Kier molecular flexibility index (Phi) is 1.68. The summed E-state index contributed by atoms with van der Waals surface area (Å²) in [5.74, 6) is -0.326. The predicted octanol–water partition coefficient (Wildman–Crippen LogP) is 3.09. The standard InChI is InChI=1S/C11H7ClFNO/c12-6-2-3-7(13)11-9(6)5-1-4-8(15)10(5)14-11/h2-3,14H,1,4H2. The minimum absolute atomic E-state index is 0.0386. The number of aromatic nitrogens is 1. The molecule has 0 aliphatic heterocycles. The van der Waals surface area contributed by atoms with E-state index >= 15 is 0 Å². The normalized spacial score (nSPS) is 14.9. The van der Waals surface area contributed by atoms with E-state index in [0.717, 1.165) is 5.56 Å². The second-order valence-electron chi connectivity index (χ2n) is 3.68. The molecule has 1 aromatic carbocycles. The SMILES string of the molecule is O=C1CCc2c1[nH]c1c(F)ccc(Cl)c21. The van der Waals surface area contributed by atoms with Gasteiger partial charge in [0.05, 0.1) is 16.2 Å². The summed E-state index contributed by atoms with van der Waals surface area (Å²) in [7, 11) is 0. The topological polar surface area (TPSA) is 32.9 Å². The van der Waals surface area contributed by atoms with E-state index in [1.165, 1.54) is 12.1 Å². The number of rotatable bonds is 0. The molecule has 1 heterocycles. The second kappa shape index (κ2) is 2.83. The highest BCUT2D eigenvalue weighted by molar-refractivity contribution is 6.36. The van der Waals surface area contributed by atoms with E-state index in [0.29, 0.717) is 34.5 Å². The smallest absolute Gasteiger partial charge is 0.179 e. The number of nitrogens with one attached hydrogen (secondary N) is 1. The average Bonchev–Trinajstić information content (AvgIpc) is 2.74. The highest BCUT2D eigenvalue weighted by Crippen LogP contribution is 2.35. The molecule has 15 heavy (non-hydrogen) atoms. The number of hydrogen-bond acceptors (Lipinski definition) is 1. The lowest BCUT2D eigenvalue weighted by Gasteiger charge is -1.97. The van der Waals surface area contributed by atoms with Crippen molar-refractivity contribution in [2.75, 3.05) is 0 Å². The van der Waals surface area contributed by atoms with Gasteiger partial charge in [-0.3, -0.25) is 4.79 Å². The molecule has 1 aromatic heterocycles. The van der Waals surface area contributed by atoms with Crippen molar-refractivity contribution in [3.05, 3.63) is 34.2 Å². The first-order valence-corrected chi connectivity index (χ1v) is 5.08. The van der Waals surface area contributed by atoms with Crippen LogP contribution in [-0.2, 0) is 6.42 Å². The zero-order valence-corrected chi connectivity index (χ0v) is 8.49. The van der Waals surface area contributed by atoms with Crippen LogP contribution in [0.4, 0.5) is 4.39 Å². The lowest BCUT2D eigenvalue weighted by molar-refractivity contribution is 0.0991. The van der Waals surface area contributed by atoms with Crippen molar-refractivity contribution >= 4 is 28.3 Å². The van der Waals surface area contributed by atoms with Crippen molar-refractivity contribution in [2.24, 2.45) is 0 Å². The number of ketones is 1. The van der Waals surface area contributed by atoms with E-state index in [1.54, 1.807) is 0 Å². The number of carbonyl (C=O) groups excluding carboxylic acids is 1. The van der Waals surface area contributed by atoms with Gasteiger partial charge in [-0.2, -0.15) is 0 Å². The molecule has 1 aliphatic carbocycles. The maximum absolute atomic E-state index is 13.4. The highest BCUT2D eigenvalue weighted by atomic mass is 35.5. The van der Waals surface area contributed by atoms with Crippen LogP contribution in [0.15, 0.2) is 12.1 Å². The fourth-order valence-electron chi connectivity index (χ4n) is 2.15. The Hall–Kier alpha value is -1.35. The van der Waals surface area contributed by atoms with Crippen molar-refractivity contribution in [3.63, 3.8) is 0 Å². The first kappa shape index (κ1) is 8.92. The number of fused-ring (bicyclic) bond motifs is 3. The molecule has 2 aromatic rings. The van der Waals surface area contributed by atoms with Crippen LogP contribution >= 0.6 is 11.6 Å². The van der Waals surface area contributed by atoms with Crippen molar-refractivity contribution in [1.29, 1.82) is 0 Å². The van der Waals surface area contributed by atoms with Gasteiger partial charge in [0.15, 0.2) is 5.78 Å². The fraction of sp³-hybridized carbons (Fsp3) is 0.182. The molecular weight excluding hydrogens is 217 g/mol. The number of H-pyrrole nitrogens is 1. The Morgan fingerprint density at radius 2 is 2.13 bits per heavy atom. The Bertz CT molecular complexity index is 588. The quantitative estimate of drug-likeness (QED) is 0.732. The summed E-state index contributed by atoms with van der Waals surface area (Å²) in [6, 6.07) is 2.83. The lowest BCUT2D eigenvalue weighted by atomic mass is 10.1. The molecular formula is C11H7ClFNO. The molecule has 3 rings (SSSR count). The second-order valence-corrected chi connectivity index (χ2v) is 4.09. The number of aromatic amines is 1. The Balaban J connectivity index is 2.49. The van der Waals surface area contributed by atoms with Gasteiger partial charge in [-0.25, -0.2) is 4.39 Å².